The molecule has 2 rings (SSSR count). The zero-order valence-electron chi connectivity index (χ0n) is 13.5. The molecule has 0 saturated carbocycles. The molecule has 0 atom stereocenters. The van der Waals surface area contributed by atoms with Crippen molar-refractivity contribution < 1.29 is 9.59 Å². The number of rotatable bonds is 5. The number of carbonyl (C=O) groups excluding carboxylic acids is 2. The van der Waals surface area contributed by atoms with E-state index in [1.807, 2.05) is 12.2 Å². The molecule has 0 aromatic heterocycles. The first-order chi connectivity index (χ1) is 11.2. The van der Waals surface area contributed by atoms with Gasteiger partial charge in [0.25, 0.3) is 0 Å². The minimum atomic E-state index is -0.000182. The molecule has 0 unspecified atom stereocenters. The van der Waals surface area contributed by atoms with E-state index in [0.717, 1.165) is 0 Å². The molecule has 0 amide bonds. The Kier molecular flexibility index (Phi) is 9.79. The molecule has 0 saturated heterocycles. The van der Waals surface area contributed by atoms with Crippen LogP contribution >= 0.6 is 0 Å². The molecular formula is C18H22N2O2Sn. The summed E-state index contributed by atoms with van der Waals surface area (Å²) in [5.74, 6) is -0.000363. The quantitative estimate of drug-likeness (QED) is 0.409. The first-order valence-corrected chi connectivity index (χ1v) is 13.1. The predicted octanol–water partition coefficient (Wildman–Crippen LogP) is 2.11. The zero-order valence-corrected chi connectivity index (χ0v) is 16.4. The fraction of sp³-hybridized carbons (Fsp3) is 0.222. The standard InChI is InChI=1S/C16H16N2O2.2CH3.Sn/c19-15-7-3-1-5-13(15)11-17-9-10-18-12-14-6-2-4-8-16(14)20;;;/h1-8,11-12,17-18H,9-10H2;2*1H3;/b13-11-,14-12-;;;. The van der Waals surface area contributed by atoms with Gasteiger partial charge in [-0.1, -0.05) is 24.3 Å². The van der Waals surface area contributed by atoms with E-state index in [9.17, 15) is 9.59 Å². The molecule has 0 fully saturated rings. The summed E-state index contributed by atoms with van der Waals surface area (Å²) in [6, 6.07) is 0. The van der Waals surface area contributed by atoms with E-state index in [4.69, 9.17) is 0 Å². The van der Waals surface area contributed by atoms with Crippen molar-refractivity contribution >= 4 is 32.7 Å². The summed E-state index contributed by atoms with van der Waals surface area (Å²) in [6.45, 7) is 1.32. The van der Waals surface area contributed by atoms with Gasteiger partial charge in [0.05, 0.1) is 0 Å². The van der Waals surface area contributed by atoms with E-state index in [0.29, 0.717) is 24.2 Å². The van der Waals surface area contributed by atoms with Crippen LogP contribution in [0.25, 0.3) is 0 Å². The molecular weight excluding hydrogens is 395 g/mol. The average molecular weight is 417 g/mol. The van der Waals surface area contributed by atoms with Gasteiger partial charge in [-0.2, -0.15) is 0 Å². The molecule has 0 heterocycles. The summed E-state index contributed by atoms with van der Waals surface area (Å²) in [6.07, 6.45) is 17.1. The van der Waals surface area contributed by atoms with Crippen molar-refractivity contribution in [1.82, 2.24) is 10.6 Å². The molecule has 2 radical (unpaired) electrons. The third-order valence-electron chi connectivity index (χ3n) is 2.77. The van der Waals surface area contributed by atoms with E-state index in [2.05, 4.69) is 20.5 Å². The number of nitrogens with one attached hydrogen (secondary N) is 2. The van der Waals surface area contributed by atoms with Crippen LogP contribution in [0, 0.1) is 0 Å². The topological polar surface area (TPSA) is 58.2 Å². The van der Waals surface area contributed by atoms with Crippen molar-refractivity contribution in [3.8, 4) is 0 Å². The molecule has 23 heavy (non-hydrogen) atoms. The predicted molar refractivity (Wildman–Crippen MR) is 96.2 cm³/mol. The van der Waals surface area contributed by atoms with Crippen molar-refractivity contribution in [2.75, 3.05) is 13.1 Å². The third kappa shape index (κ3) is 7.83. The van der Waals surface area contributed by atoms with Gasteiger partial charge < -0.3 is 10.6 Å². The Bertz CT molecular complexity index is 544. The number of hydrogen-bond donors (Lipinski definition) is 2. The first-order valence-electron chi connectivity index (χ1n) is 7.42. The van der Waals surface area contributed by atoms with Gasteiger partial charge in [0.1, 0.15) is 0 Å². The van der Waals surface area contributed by atoms with Crippen LogP contribution in [-0.4, -0.2) is 45.8 Å². The van der Waals surface area contributed by atoms with Crippen LogP contribution in [0.15, 0.2) is 72.2 Å². The Hall–Kier alpha value is -1.82. The SMILES string of the molecule is O=C1C=CC=C/C1=C/NCCN/C=C1/C=CC=CC1=O.[CH3][Sn][CH3]. The summed E-state index contributed by atoms with van der Waals surface area (Å²) in [7, 11) is 0. The summed E-state index contributed by atoms with van der Waals surface area (Å²) in [4.78, 5) is 27.5. The Morgan fingerprint density at radius 2 is 1.13 bits per heavy atom. The van der Waals surface area contributed by atoms with Gasteiger partial charge in [0.15, 0.2) is 11.6 Å². The Balaban J connectivity index is 0.000000816. The van der Waals surface area contributed by atoms with Crippen molar-refractivity contribution in [1.29, 1.82) is 0 Å². The van der Waals surface area contributed by atoms with E-state index < -0.39 is 0 Å². The van der Waals surface area contributed by atoms with Gasteiger partial charge in [-0.05, 0) is 24.3 Å². The van der Waals surface area contributed by atoms with Gasteiger partial charge in [0.2, 0.25) is 0 Å². The monoisotopic (exact) mass is 418 g/mol. The second-order valence-corrected chi connectivity index (χ2v) is 7.63. The molecule has 2 N–H and O–H groups in total. The molecule has 0 bridgehead atoms. The van der Waals surface area contributed by atoms with Crippen LogP contribution in [0.1, 0.15) is 0 Å². The first kappa shape index (κ1) is 19.2. The second kappa shape index (κ2) is 11.7. The molecule has 0 aromatic rings. The average Bonchev–Trinajstić information content (AvgIpc) is 2.55. The fourth-order valence-corrected chi connectivity index (χ4v) is 1.71. The molecule has 2 aliphatic rings. The van der Waals surface area contributed by atoms with Crippen molar-refractivity contribution in [3.05, 3.63) is 72.2 Å². The Morgan fingerprint density at radius 3 is 1.48 bits per heavy atom. The molecule has 0 aliphatic heterocycles. The van der Waals surface area contributed by atoms with Gasteiger partial charge in [-0.25, -0.2) is 0 Å². The maximum absolute atomic E-state index is 11.4. The number of carbonyl (C=O) groups is 2. The summed E-state index contributed by atoms with van der Waals surface area (Å²) in [5.41, 5.74) is 1.28. The minimum absolute atomic E-state index is 0.000182. The summed E-state index contributed by atoms with van der Waals surface area (Å²) < 4.78 is 0. The van der Waals surface area contributed by atoms with Crippen LogP contribution < -0.4 is 10.6 Å². The zero-order chi connectivity index (χ0) is 16.9. The summed E-state index contributed by atoms with van der Waals surface area (Å²) >= 11 is 0.230. The molecule has 4 nitrogen and oxygen atoms in total. The normalized spacial score (nSPS) is 19.0. The van der Waals surface area contributed by atoms with Crippen molar-refractivity contribution in [3.63, 3.8) is 0 Å². The van der Waals surface area contributed by atoms with Crippen LogP contribution in [0.4, 0.5) is 0 Å². The van der Waals surface area contributed by atoms with Crippen LogP contribution in [-0.2, 0) is 9.59 Å². The Labute approximate surface area is 148 Å². The third-order valence-corrected chi connectivity index (χ3v) is 2.77. The molecule has 0 aromatic carbocycles. The van der Waals surface area contributed by atoms with Crippen molar-refractivity contribution in [2.24, 2.45) is 0 Å². The van der Waals surface area contributed by atoms with Gasteiger partial charge in [-0.3, -0.25) is 9.59 Å². The van der Waals surface area contributed by atoms with E-state index in [1.165, 1.54) is 12.2 Å². The molecule has 2 aliphatic carbocycles. The van der Waals surface area contributed by atoms with E-state index >= 15 is 0 Å². The van der Waals surface area contributed by atoms with E-state index in [-0.39, 0.29) is 32.7 Å². The van der Waals surface area contributed by atoms with Crippen LogP contribution in [0.5, 0.6) is 0 Å². The van der Waals surface area contributed by atoms with Crippen LogP contribution in [0.3, 0.4) is 0 Å². The maximum atomic E-state index is 11.4. The van der Waals surface area contributed by atoms with Crippen LogP contribution in [0.2, 0.25) is 9.88 Å². The van der Waals surface area contributed by atoms with E-state index in [1.54, 1.807) is 36.7 Å². The number of hydrogen-bond acceptors (Lipinski definition) is 4. The number of allylic oxidation sites excluding steroid dienone is 10. The molecule has 5 heteroatoms. The van der Waals surface area contributed by atoms with Gasteiger partial charge >= 0.3 is 31.0 Å². The van der Waals surface area contributed by atoms with Gasteiger partial charge in [0, 0.05) is 36.6 Å². The molecule has 0 spiro atoms. The number of ketones is 2. The van der Waals surface area contributed by atoms with Crippen molar-refractivity contribution in [2.45, 2.75) is 9.88 Å². The summed E-state index contributed by atoms with van der Waals surface area (Å²) in [5, 5.41) is 6.12. The fourth-order valence-electron chi connectivity index (χ4n) is 1.71. The molecule has 120 valence electrons. The Morgan fingerprint density at radius 1 is 0.783 bits per heavy atom. The van der Waals surface area contributed by atoms with Gasteiger partial charge in [-0.15, -0.1) is 0 Å². The second-order valence-electron chi connectivity index (χ2n) is 4.77.